The third-order valence-electron chi connectivity index (χ3n) is 27.0. The van der Waals surface area contributed by atoms with E-state index in [2.05, 4.69) is 76.4 Å². The van der Waals surface area contributed by atoms with E-state index in [0.29, 0.717) is 49.0 Å². The lowest BCUT2D eigenvalue weighted by Crippen LogP contribution is -2.57. The zero-order valence-corrected chi connectivity index (χ0v) is 83.6. The molecule has 12 heterocycles. The molecule has 4 amide bonds. The first-order valence-electron chi connectivity index (χ1n) is 46.7. The number of aryl methyl sites for hydroxylation is 4. The van der Waals surface area contributed by atoms with Gasteiger partial charge in [0.15, 0.2) is 80.5 Å². The molecule has 28 nitrogen and oxygen atoms in total. The van der Waals surface area contributed by atoms with E-state index in [1.807, 2.05) is 151 Å². The molecule has 8 bridgehead atoms. The van der Waals surface area contributed by atoms with Gasteiger partial charge in [-0.3, -0.25) is 77.1 Å². The van der Waals surface area contributed by atoms with Crippen LogP contribution in [0.15, 0.2) is 262 Å². The van der Waals surface area contributed by atoms with Crippen molar-refractivity contribution in [1.29, 1.82) is 0 Å². The van der Waals surface area contributed by atoms with Crippen molar-refractivity contribution in [2.45, 2.75) is 129 Å². The number of nitrogens with zero attached hydrogens (tertiary/aromatic N) is 12. The van der Waals surface area contributed by atoms with Gasteiger partial charge in [0.25, 0.3) is 23.6 Å². The Labute approximate surface area is 850 Å². The van der Waals surface area contributed by atoms with Crippen molar-refractivity contribution >= 4 is 68.8 Å². The maximum Gasteiger partial charge on any atom is 0.278 e. The Morgan fingerprint density at radius 2 is 0.521 bits per heavy atom. The highest BCUT2D eigenvalue weighted by molar-refractivity contribution is 14.1. The van der Waals surface area contributed by atoms with Gasteiger partial charge in [-0.25, -0.2) is 13.2 Å². The lowest BCUT2D eigenvalue weighted by molar-refractivity contribution is 0.0618. The first-order chi connectivity index (χ1) is 69.3. The number of ether oxygens (including phenoxy) is 4. The average Bonchev–Trinajstić information content (AvgIpc) is 1.18. The fourth-order valence-corrected chi connectivity index (χ4v) is 20.7. The topological polar surface area (TPSA) is 300 Å². The number of aromatic hydroxyl groups is 4. The van der Waals surface area contributed by atoms with Crippen molar-refractivity contribution < 1.29 is 84.9 Å². The molecule has 0 saturated carbocycles. The van der Waals surface area contributed by atoms with Crippen LogP contribution in [0, 0.1) is 69.7 Å². The van der Waals surface area contributed by atoms with Crippen molar-refractivity contribution in [1.82, 2.24) is 38.3 Å². The Balaban J connectivity index is 0.000000132. The number of carbonyl (C=O) groups excluding carboxylic acids is 4. The summed E-state index contributed by atoms with van der Waals surface area (Å²) in [5.74, 6) is -10.8. The Kier molecular flexibility index (Phi) is 29.5. The van der Waals surface area contributed by atoms with Crippen LogP contribution in [0.25, 0.3) is 0 Å². The summed E-state index contributed by atoms with van der Waals surface area (Å²) in [6, 6.07) is 42.9. The zero-order chi connectivity index (χ0) is 102. The minimum atomic E-state index is -1.11. The van der Waals surface area contributed by atoms with Gasteiger partial charge in [0, 0.05) is 74.9 Å². The fourth-order valence-electron chi connectivity index (χ4n) is 19.6. The molecule has 144 heavy (non-hydrogen) atoms. The van der Waals surface area contributed by atoms with Gasteiger partial charge in [-0.1, -0.05) is 155 Å². The molecule has 0 unspecified atom stereocenters. The number of pyridine rings is 4. The largest absolute Gasteiger partial charge is 0.502 e. The lowest BCUT2D eigenvalue weighted by Gasteiger charge is -2.46. The lowest BCUT2D eigenvalue weighted by atomic mass is 9.93. The predicted octanol–water partition coefficient (Wildman–Crippen LogP) is 17.0. The normalized spacial score (nSPS) is 20.2. The van der Waals surface area contributed by atoms with E-state index >= 15 is 13.2 Å². The van der Waals surface area contributed by atoms with Crippen LogP contribution in [0.5, 0.6) is 46.0 Å². The van der Waals surface area contributed by atoms with E-state index in [0.717, 1.165) is 81.2 Å². The monoisotopic (exact) mass is 2190 g/mol. The standard InChI is InChI=1S/3C27H25F2N3O4.C27H25I2N3O4/c4*1-3-17-8-6-14-36-26-19(10-11-20(28)22(26)29)23(18-9-5-4-7-16(18)2)32-15-30(17)27(35)24-25(34)21(33)12-13-31(24)32/h4*4-13,17,23,34H,3,14-15H2,1-2H3/b4*8-6+/t2*17-,23+;2*17-,23-/m1010/s1. The molecule has 20 rings (SSSR count). The average molecular weight is 2190 g/mol. The molecule has 8 atom stereocenters. The predicted molar refractivity (Wildman–Crippen MR) is 544 cm³/mol. The van der Waals surface area contributed by atoms with Crippen LogP contribution < -0.4 is 60.7 Å². The summed E-state index contributed by atoms with van der Waals surface area (Å²) in [4.78, 5) is 110. The second-order valence-corrected chi connectivity index (χ2v) is 37.6. The molecular formula is C108H100F6I2N12O16. The van der Waals surface area contributed by atoms with Crippen LogP contribution in [0.2, 0.25) is 0 Å². The van der Waals surface area contributed by atoms with Crippen LogP contribution in [0.3, 0.4) is 0 Å². The molecule has 0 spiro atoms. The molecule has 8 aromatic carbocycles. The summed E-state index contributed by atoms with van der Waals surface area (Å²) in [6.45, 7) is 16.1. The number of benzene rings is 8. The van der Waals surface area contributed by atoms with Crippen molar-refractivity contribution in [2.24, 2.45) is 0 Å². The number of fused-ring (bicyclic) bond motifs is 20. The van der Waals surface area contributed by atoms with Crippen molar-refractivity contribution in [3.63, 3.8) is 0 Å². The quantitative estimate of drug-likeness (QED) is 0.0624. The van der Waals surface area contributed by atoms with E-state index < -0.39 is 134 Å². The molecule has 36 heteroatoms. The van der Waals surface area contributed by atoms with Gasteiger partial charge >= 0.3 is 0 Å². The van der Waals surface area contributed by atoms with E-state index in [1.165, 1.54) is 75.1 Å². The number of hydrogen-bond acceptors (Lipinski definition) is 20. The smallest absolute Gasteiger partial charge is 0.278 e. The van der Waals surface area contributed by atoms with Crippen LogP contribution >= 0.6 is 45.2 Å². The highest BCUT2D eigenvalue weighted by Crippen LogP contribution is 2.48. The highest BCUT2D eigenvalue weighted by Gasteiger charge is 2.47. The second kappa shape index (κ2) is 42.3. The molecular weight excluding hydrogens is 2090 g/mol. The van der Waals surface area contributed by atoms with Crippen molar-refractivity contribution in [2.75, 3.05) is 73.1 Å². The van der Waals surface area contributed by atoms with Crippen molar-refractivity contribution in [3.8, 4) is 46.0 Å². The van der Waals surface area contributed by atoms with Crippen LogP contribution in [-0.2, 0) is 0 Å². The summed E-state index contributed by atoms with van der Waals surface area (Å²) in [7, 11) is 0. The highest BCUT2D eigenvalue weighted by atomic mass is 127. The maximum atomic E-state index is 15.2. The van der Waals surface area contributed by atoms with Gasteiger partial charge in [0.1, 0.15) is 83.0 Å². The van der Waals surface area contributed by atoms with Gasteiger partial charge in [-0.15, -0.1) is 0 Å². The SMILES string of the molecule is CC[C@@H]1/C=C/COc2c(ccc(F)c2F)[C@@H](c2ccccc2C)N2CN1C(=O)c1c(O)c(=O)ccn12.CC[C@@H]1/C=C/COc2c(ccc(F)c2F)[C@H](c2ccccc2C)N2CN1C(=O)c1c(O)c(=O)ccn12.CC[C@H]1/C=C/COc2c(ccc(F)c2F)[C@@H](c2ccccc2C)N2CN1C(=O)c1c(O)c(=O)ccn12.CC[C@H]1/C=C/COc2c(ccc(I)c2I)[C@H](c2ccccc2C)N2CN1C(=O)c1c(O)c(=O)ccn12. The molecule has 0 radical (unpaired) electrons. The van der Waals surface area contributed by atoms with Gasteiger partial charge < -0.3 is 59.0 Å². The van der Waals surface area contributed by atoms with Gasteiger partial charge in [-0.05, 0) is 210 Å². The van der Waals surface area contributed by atoms with E-state index in [-0.39, 0.29) is 105 Å². The van der Waals surface area contributed by atoms with E-state index in [9.17, 15) is 72.0 Å². The summed E-state index contributed by atoms with van der Waals surface area (Å²) < 4.78 is 120. The number of carbonyl (C=O) groups is 4. The summed E-state index contributed by atoms with van der Waals surface area (Å²) in [5, 5.41) is 50.2. The third kappa shape index (κ3) is 18.6. The van der Waals surface area contributed by atoms with Crippen LogP contribution in [0.1, 0.15) is 186 Å². The van der Waals surface area contributed by atoms with Gasteiger partial charge in [0.05, 0.1) is 27.7 Å². The summed E-state index contributed by atoms with van der Waals surface area (Å²) >= 11 is 4.63. The minimum absolute atomic E-state index is 0.0268. The number of halogens is 8. The van der Waals surface area contributed by atoms with Gasteiger partial charge in [0.2, 0.25) is 39.2 Å². The van der Waals surface area contributed by atoms with Crippen LogP contribution in [-0.4, -0.2) is 160 Å². The summed E-state index contributed by atoms with van der Waals surface area (Å²) in [6.07, 6.45) is 22.2. The van der Waals surface area contributed by atoms with Crippen LogP contribution in [0.4, 0.5) is 26.3 Å². The first kappa shape index (κ1) is 101. The zero-order valence-electron chi connectivity index (χ0n) is 79.3. The second-order valence-electron chi connectivity index (χ2n) is 35.3. The molecule has 0 saturated heterocycles. The Hall–Kier alpha value is -15.0. The van der Waals surface area contributed by atoms with E-state index in [1.54, 1.807) is 82.0 Å². The maximum absolute atomic E-state index is 15.2. The molecule has 744 valence electrons. The fraction of sp³-hybridized carbons (Fsp3) is 0.259. The molecule has 4 aromatic heterocycles. The molecule has 0 fully saturated rings. The molecule has 0 aliphatic carbocycles. The number of amides is 4. The number of hydrogen-bond donors (Lipinski definition) is 4. The van der Waals surface area contributed by atoms with Crippen molar-refractivity contribution in [3.05, 3.63) is 416 Å². The molecule has 8 aliphatic heterocycles. The number of rotatable bonds is 8. The first-order valence-corrected chi connectivity index (χ1v) is 48.9. The number of aromatic nitrogens is 4. The Morgan fingerprint density at radius 1 is 0.299 bits per heavy atom. The van der Waals surface area contributed by atoms with E-state index in [4.69, 9.17) is 18.9 Å². The summed E-state index contributed by atoms with van der Waals surface area (Å²) in [5.41, 5.74) is 5.71. The third-order valence-corrected chi connectivity index (χ3v) is 30.0. The Bertz CT molecular complexity index is 6610. The molecule has 4 N–H and O–H groups in total. The molecule has 8 aliphatic rings. The minimum Gasteiger partial charge on any atom is -0.502 e. The molecule has 12 aromatic rings. The van der Waals surface area contributed by atoms with Gasteiger partial charge in [-0.2, -0.15) is 13.2 Å². The Morgan fingerprint density at radius 3 is 0.757 bits per heavy atom.